The van der Waals surface area contributed by atoms with Gasteiger partial charge in [0.1, 0.15) is 5.82 Å². The number of carbonyl (C=O) groups is 1. The van der Waals surface area contributed by atoms with Crippen LogP contribution in [0.3, 0.4) is 0 Å². The van der Waals surface area contributed by atoms with Crippen molar-refractivity contribution in [3.63, 3.8) is 0 Å². The Hall–Kier alpha value is -2.11. The molecule has 2 aromatic heterocycles. The SMILES string of the molecule is Cc1nccn1CCC(=O)NCc1cc(C(C)C)no1. The zero-order valence-corrected chi connectivity index (χ0v) is 12.1. The highest BCUT2D eigenvalue weighted by Gasteiger charge is 2.09. The molecule has 1 amide bonds. The van der Waals surface area contributed by atoms with Crippen molar-refractivity contribution in [2.24, 2.45) is 0 Å². The number of hydrogen-bond acceptors (Lipinski definition) is 4. The molecule has 2 rings (SSSR count). The zero-order chi connectivity index (χ0) is 14.5. The van der Waals surface area contributed by atoms with Crippen LogP contribution in [0.1, 0.15) is 43.5 Å². The number of hydrogen-bond donors (Lipinski definition) is 1. The lowest BCUT2D eigenvalue weighted by atomic mass is 10.1. The van der Waals surface area contributed by atoms with Crippen LogP contribution in [0, 0.1) is 6.92 Å². The van der Waals surface area contributed by atoms with Gasteiger partial charge in [-0.2, -0.15) is 0 Å². The highest BCUT2D eigenvalue weighted by molar-refractivity contribution is 5.75. The zero-order valence-electron chi connectivity index (χ0n) is 12.1. The molecule has 0 aliphatic carbocycles. The molecule has 6 heteroatoms. The highest BCUT2D eigenvalue weighted by atomic mass is 16.5. The average Bonchev–Trinajstić information content (AvgIpc) is 3.03. The summed E-state index contributed by atoms with van der Waals surface area (Å²) in [4.78, 5) is 15.9. The van der Waals surface area contributed by atoms with Gasteiger partial charge >= 0.3 is 0 Å². The number of aryl methyl sites for hydroxylation is 2. The van der Waals surface area contributed by atoms with Crippen LogP contribution in [0.5, 0.6) is 0 Å². The van der Waals surface area contributed by atoms with Crippen molar-refractivity contribution in [3.8, 4) is 0 Å². The molecule has 0 bridgehead atoms. The van der Waals surface area contributed by atoms with Crippen LogP contribution >= 0.6 is 0 Å². The average molecular weight is 276 g/mol. The molecule has 0 saturated carbocycles. The summed E-state index contributed by atoms with van der Waals surface area (Å²) in [5, 5.41) is 6.78. The standard InChI is InChI=1S/C14H20N4O2/c1-10(2)13-8-12(20-17-13)9-16-14(19)4-6-18-7-5-15-11(18)3/h5,7-8,10H,4,6,9H2,1-3H3,(H,16,19). The van der Waals surface area contributed by atoms with Gasteiger partial charge in [0.15, 0.2) is 5.76 Å². The van der Waals surface area contributed by atoms with E-state index in [2.05, 4.69) is 15.5 Å². The Balaban J connectivity index is 1.76. The first kappa shape index (κ1) is 14.3. The number of rotatable bonds is 6. The first-order valence-corrected chi connectivity index (χ1v) is 6.76. The van der Waals surface area contributed by atoms with Gasteiger partial charge in [-0.15, -0.1) is 0 Å². The molecule has 0 spiro atoms. The van der Waals surface area contributed by atoms with E-state index in [0.29, 0.717) is 31.2 Å². The van der Waals surface area contributed by atoms with Crippen LogP contribution in [0.2, 0.25) is 0 Å². The number of nitrogens with one attached hydrogen (secondary N) is 1. The molecule has 2 heterocycles. The van der Waals surface area contributed by atoms with Gasteiger partial charge in [-0.05, 0) is 12.8 Å². The predicted molar refractivity (Wildman–Crippen MR) is 74.0 cm³/mol. The first-order valence-electron chi connectivity index (χ1n) is 6.76. The molecule has 0 unspecified atom stereocenters. The maximum absolute atomic E-state index is 11.8. The van der Waals surface area contributed by atoms with Crippen LogP contribution < -0.4 is 5.32 Å². The molecule has 0 atom stereocenters. The van der Waals surface area contributed by atoms with Gasteiger partial charge in [0, 0.05) is 31.4 Å². The maximum atomic E-state index is 11.8. The molecule has 0 saturated heterocycles. The Bertz CT molecular complexity index is 571. The molecule has 0 radical (unpaired) electrons. The third-order valence-corrected chi connectivity index (χ3v) is 3.13. The van der Waals surface area contributed by atoms with E-state index < -0.39 is 0 Å². The largest absolute Gasteiger partial charge is 0.359 e. The number of aromatic nitrogens is 3. The second-order valence-corrected chi connectivity index (χ2v) is 5.07. The lowest BCUT2D eigenvalue weighted by Crippen LogP contribution is -2.23. The fourth-order valence-corrected chi connectivity index (χ4v) is 1.82. The molecular weight excluding hydrogens is 256 g/mol. The number of imidazole rings is 1. The molecule has 0 aromatic carbocycles. The van der Waals surface area contributed by atoms with Crippen molar-refractivity contribution in [3.05, 3.63) is 35.7 Å². The van der Waals surface area contributed by atoms with E-state index in [9.17, 15) is 4.79 Å². The Morgan fingerprint density at radius 2 is 2.30 bits per heavy atom. The molecule has 20 heavy (non-hydrogen) atoms. The molecule has 2 aromatic rings. The lowest BCUT2D eigenvalue weighted by Gasteiger charge is -2.05. The molecule has 6 nitrogen and oxygen atoms in total. The first-order chi connectivity index (χ1) is 9.56. The van der Waals surface area contributed by atoms with E-state index >= 15 is 0 Å². The Labute approximate surface area is 118 Å². The van der Waals surface area contributed by atoms with Crippen molar-refractivity contribution < 1.29 is 9.32 Å². The second kappa shape index (κ2) is 6.36. The Morgan fingerprint density at radius 3 is 2.90 bits per heavy atom. The van der Waals surface area contributed by atoms with E-state index in [1.54, 1.807) is 6.20 Å². The van der Waals surface area contributed by atoms with Crippen LogP contribution in [-0.2, 0) is 17.9 Å². The summed E-state index contributed by atoms with van der Waals surface area (Å²) in [7, 11) is 0. The smallest absolute Gasteiger partial charge is 0.222 e. The van der Waals surface area contributed by atoms with Crippen molar-refractivity contribution in [1.82, 2.24) is 20.0 Å². The predicted octanol–water partition coefficient (Wildman–Crippen LogP) is 2.01. The molecule has 1 N–H and O–H groups in total. The lowest BCUT2D eigenvalue weighted by molar-refractivity contribution is -0.121. The minimum Gasteiger partial charge on any atom is -0.359 e. The van der Waals surface area contributed by atoms with Crippen LogP contribution in [0.15, 0.2) is 23.0 Å². The van der Waals surface area contributed by atoms with E-state index in [-0.39, 0.29) is 5.91 Å². The fourth-order valence-electron chi connectivity index (χ4n) is 1.82. The van der Waals surface area contributed by atoms with Crippen LogP contribution in [0.4, 0.5) is 0 Å². The van der Waals surface area contributed by atoms with Crippen LogP contribution in [0.25, 0.3) is 0 Å². The summed E-state index contributed by atoms with van der Waals surface area (Å²) in [5.41, 5.74) is 0.906. The summed E-state index contributed by atoms with van der Waals surface area (Å²) in [6, 6.07) is 1.88. The number of amides is 1. The molecule has 108 valence electrons. The van der Waals surface area contributed by atoms with E-state index in [1.807, 2.05) is 37.6 Å². The minimum atomic E-state index is -0.0133. The summed E-state index contributed by atoms with van der Waals surface area (Å²) < 4.78 is 7.12. The maximum Gasteiger partial charge on any atom is 0.222 e. The normalized spacial score (nSPS) is 11.0. The summed E-state index contributed by atoms with van der Waals surface area (Å²) in [6.45, 7) is 7.02. The molecule has 0 aliphatic heterocycles. The van der Waals surface area contributed by atoms with E-state index in [4.69, 9.17) is 4.52 Å². The molecular formula is C14H20N4O2. The second-order valence-electron chi connectivity index (χ2n) is 5.07. The van der Waals surface area contributed by atoms with Gasteiger partial charge in [-0.25, -0.2) is 4.98 Å². The molecule has 0 fully saturated rings. The monoisotopic (exact) mass is 276 g/mol. The Morgan fingerprint density at radius 1 is 1.50 bits per heavy atom. The molecule has 0 aliphatic rings. The topological polar surface area (TPSA) is 73.0 Å². The van der Waals surface area contributed by atoms with Gasteiger partial charge in [0.2, 0.25) is 5.91 Å². The number of carbonyl (C=O) groups excluding carboxylic acids is 1. The van der Waals surface area contributed by atoms with Gasteiger partial charge in [0.05, 0.1) is 12.2 Å². The van der Waals surface area contributed by atoms with Gasteiger partial charge in [-0.1, -0.05) is 19.0 Å². The van der Waals surface area contributed by atoms with Crippen molar-refractivity contribution >= 4 is 5.91 Å². The number of nitrogens with zero attached hydrogens (tertiary/aromatic N) is 3. The third kappa shape index (κ3) is 3.69. The summed E-state index contributed by atoms with van der Waals surface area (Å²) in [5.74, 6) is 1.91. The third-order valence-electron chi connectivity index (χ3n) is 3.13. The quantitative estimate of drug-likeness (QED) is 0.876. The van der Waals surface area contributed by atoms with Crippen molar-refractivity contribution in [2.75, 3.05) is 0 Å². The van der Waals surface area contributed by atoms with Gasteiger partial charge in [0.25, 0.3) is 0 Å². The van der Waals surface area contributed by atoms with E-state index in [1.165, 1.54) is 0 Å². The van der Waals surface area contributed by atoms with Gasteiger partial charge in [-0.3, -0.25) is 4.79 Å². The van der Waals surface area contributed by atoms with Crippen LogP contribution in [-0.4, -0.2) is 20.6 Å². The highest BCUT2D eigenvalue weighted by Crippen LogP contribution is 2.13. The van der Waals surface area contributed by atoms with Gasteiger partial charge < -0.3 is 14.4 Å². The van der Waals surface area contributed by atoms with Crippen molar-refractivity contribution in [2.45, 2.75) is 46.2 Å². The minimum absolute atomic E-state index is 0.0133. The Kier molecular flexibility index (Phi) is 4.55. The summed E-state index contributed by atoms with van der Waals surface area (Å²) >= 11 is 0. The summed E-state index contributed by atoms with van der Waals surface area (Å²) in [6.07, 6.45) is 4.02. The fraction of sp³-hybridized carbons (Fsp3) is 0.500. The van der Waals surface area contributed by atoms with E-state index in [0.717, 1.165) is 11.5 Å². The van der Waals surface area contributed by atoms with Crippen molar-refractivity contribution in [1.29, 1.82) is 0 Å².